The number of benzene rings is 1. The third-order valence-electron chi connectivity index (χ3n) is 5.06. The number of anilines is 1. The van der Waals surface area contributed by atoms with Gasteiger partial charge in [-0.15, -0.1) is 0 Å². The topological polar surface area (TPSA) is 60.9 Å². The van der Waals surface area contributed by atoms with E-state index in [0.29, 0.717) is 25.9 Å². The summed E-state index contributed by atoms with van der Waals surface area (Å²) in [4.78, 5) is 42.2. The zero-order chi connectivity index (χ0) is 16.1. The summed E-state index contributed by atoms with van der Waals surface area (Å²) in [5.74, 6) is -0.353. The number of aryl methyl sites for hydroxylation is 1. The Hall–Kier alpha value is -2.37. The summed E-state index contributed by atoms with van der Waals surface area (Å²) in [7, 11) is 0. The maximum atomic E-state index is 12.7. The summed E-state index contributed by atoms with van der Waals surface area (Å²) in [5, 5.41) is 0. The van der Waals surface area contributed by atoms with Crippen molar-refractivity contribution in [3.8, 4) is 0 Å². The molecular formula is C17H19N3O3. The predicted octanol–water partition coefficient (Wildman–Crippen LogP) is 1.53. The highest BCUT2D eigenvalue weighted by Gasteiger charge is 2.53. The number of carbonyl (C=O) groups is 3. The first kappa shape index (κ1) is 14.2. The maximum absolute atomic E-state index is 12.7. The van der Waals surface area contributed by atoms with Crippen LogP contribution in [0.4, 0.5) is 10.5 Å². The number of imide groups is 1. The summed E-state index contributed by atoms with van der Waals surface area (Å²) >= 11 is 0. The Labute approximate surface area is 134 Å². The lowest BCUT2D eigenvalue weighted by molar-refractivity contribution is -0.133. The Morgan fingerprint density at radius 3 is 2.35 bits per heavy atom. The van der Waals surface area contributed by atoms with Crippen LogP contribution in [0.3, 0.4) is 0 Å². The standard InChI is InChI=1S/C17H19N3O3/c1-11-4-6-12(7-5-11)18-10-8-14(15(18)21)20-16(22)13-3-2-9-19(13)17(20)23/h4-7,13-14H,2-3,8-10H2,1H3. The van der Waals surface area contributed by atoms with Gasteiger partial charge in [-0.05, 0) is 38.3 Å². The molecule has 2 unspecified atom stereocenters. The van der Waals surface area contributed by atoms with Crippen molar-refractivity contribution in [2.24, 2.45) is 0 Å². The van der Waals surface area contributed by atoms with Crippen molar-refractivity contribution in [3.05, 3.63) is 29.8 Å². The van der Waals surface area contributed by atoms with E-state index in [9.17, 15) is 14.4 Å². The Morgan fingerprint density at radius 2 is 1.65 bits per heavy atom. The molecule has 3 fully saturated rings. The van der Waals surface area contributed by atoms with Crippen LogP contribution in [0, 0.1) is 6.92 Å². The van der Waals surface area contributed by atoms with Gasteiger partial charge in [-0.25, -0.2) is 9.69 Å². The Balaban J connectivity index is 1.57. The highest BCUT2D eigenvalue weighted by molar-refractivity contribution is 6.10. The second-order valence-corrected chi connectivity index (χ2v) is 6.47. The van der Waals surface area contributed by atoms with Gasteiger partial charge in [-0.1, -0.05) is 17.7 Å². The molecule has 3 aliphatic heterocycles. The maximum Gasteiger partial charge on any atom is 0.328 e. The lowest BCUT2D eigenvalue weighted by atomic mass is 10.1. The van der Waals surface area contributed by atoms with Crippen molar-refractivity contribution in [2.45, 2.75) is 38.3 Å². The van der Waals surface area contributed by atoms with E-state index in [0.717, 1.165) is 17.7 Å². The quantitative estimate of drug-likeness (QED) is 0.778. The van der Waals surface area contributed by atoms with Crippen molar-refractivity contribution in [3.63, 3.8) is 0 Å². The third-order valence-corrected chi connectivity index (χ3v) is 5.06. The molecule has 3 aliphatic rings. The molecule has 0 radical (unpaired) electrons. The lowest BCUT2D eigenvalue weighted by Crippen LogP contribution is -2.46. The highest BCUT2D eigenvalue weighted by Crippen LogP contribution is 2.32. The van der Waals surface area contributed by atoms with Crippen molar-refractivity contribution in [2.75, 3.05) is 18.0 Å². The summed E-state index contributed by atoms with van der Waals surface area (Å²) in [6.45, 7) is 3.15. The van der Waals surface area contributed by atoms with E-state index in [-0.39, 0.29) is 23.9 Å². The number of urea groups is 1. The molecule has 0 aliphatic carbocycles. The van der Waals surface area contributed by atoms with E-state index in [4.69, 9.17) is 0 Å². The normalized spacial score (nSPS) is 27.3. The van der Waals surface area contributed by atoms with Crippen LogP contribution in [0.25, 0.3) is 0 Å². The van der Waals surface area contributed by atoms with Crippen LogP contribution in [0.5, 0.6) is 0 Å². The van der Waals surface area contributed by atoms with Crippen LogP contribution in [0.15, 0.2) is 24.3 Å². The molecule has 6 nitrogen and oxygen atoms in total. The minimum Gasteiger partial charge on any atom is -0.312 e. The number of fused-ring (bicyclic) bond motifs is 1. The average Bonchev–Trinajstić information content (AvgIpc) is 3.20. The van der Waals surface area contributed by atoms with Gasteiger partial charge in [0.1, 0.15) is 12.1 Å². The van der Waals surface area contributed by atoms with Crippen molar-refractivity contribution in [1.29, 1.82) is 0 Å². The average molecular weight is 313 g/mol. The molecule has 1 aromatic rings. The molecule has 1 aromatic carbocycles. The molecule has 0 bridgehead atoms. The van der Waals surface area contributed by atoms with Crippen molar-refractivity contribution < 1.29 is 14.4 Å². The minimum atomic E-state index is -0.651. The minimum absolute atomic E-state index is 0.156. The molecule has 23 heavy (non-hydrogen) atoms. The first-order valence-electron chi connectivity index (χ1n) is 8.09. The molecule has 3 saturated heterocycles. The van der Waals surface area contributed by atoms with E-state index in [1.165, 1.54) is 4.90 Å². The smallest absolute Gasteiger partial charge is 0.312 e. The van der Waals surface area contributed by atoms with E-state index < -0.39 is 6.04 Å². The zero-order valence-electron chi connectivity index (χ0n) is 13.1. The van der Waals surface area contributed by atoms with Gasteiger partial charge in [0, 0.05) is 18.8 Å². The molecule has 0 spiro atoms. The Kier molecular flexibility index (Phi) is 3.14. The lowest BCUT2D eigenvalue weighted by Gasteiger charge is -2.22. The van der Waals surface area contributed by atoms with Crippen LogP contribution in [0.1, 0.15) is 24.8 Å². The Bertz CT molecular complexity index is 663. The largest absolute Gasteiger partial charge is 0.328 e. The van der Waals surface area contributed by atoms with Crippen LogP contribution in [-0.2, 0) is 9.59 Å². The van der Waals surface area contributed by atoms with Crippen LogP contribution >= 0.6 is 0 Å². The first-order chi connectivity index (χ1) is 11.1. The molecule has 0 saturated carbocycles. The summed E-state index contributed by atoms with van der Waals surface area (Å²) in [6, 6.07) is 6.44. The fourth-order valence-electron chi connectivity index (χ4n) is 3.82. The third kappa shape index (κ3) is 2.04. The number of amides is 4. The predicted molar refractivity (Wildman–Crippen MR) is 83.9 cm³/mol. The van der Waals surface area contributed by atoms with Crippen LogP contribution < -0.4 is 4.90 Å². The summed E-state index contributed by atoms with van der Waals surface area (Å²) in [5.41, 5.74) is 1.95. The molecule has 4 rings (SSSR count). The van der Waals surface area contributed by atoms with Crippen molar-refractivity contribution in [1.82, 2.24) is 9.80 Å². The number of hydrogen-bond acceptors (Lipinski definition) is 3. The summed E-state index contributed by atoms with van der Waals surface area (Å²) < 4.78 is 0. The molecule has 4 amide bonds. The van der Waals surface area contributed by atoms with Gasteiger partial charge in [0.2, 0.25) is 5.91 Å². The van der Waals surface area contributed by atoms with Gasteiger partial charge in [-0.3, -0.25) is 9.59 Å². The van der Waals surface area contributed by atoms with Crippen molar-refractivity contribution >= 4 is 23.5 Å². The van der Waals surface area contributed by atoms with E-state index >= 15 is 0 Å². The van der Waals surface area contributed by atoms with Gasteiger partial charge in [-0.2, -0.15) is 0 Å². The number of rotatable bonds is 2. The highest BCUT2D eigenvalue weighted by atomic mass is 16.2. The van der Waals surface area contributed by atoms with Gasteiger partial charge >= 0.3 is 6.03 Å². The van der Waals surface area contributed by atoms with Gasteiger partial charge < -0.3 is 9.80 Å². The SMILES string of the molecule is Cc1ccc(N2CCC(N3C(=O)C4CCCN4C3=O)C2=O)cc1. The number of carbonyl (C=O) groups excluding carboxylic acids is 3. The molecule has 6 heteroatoms. The fraction of sp³-hybridized carbons (Fsp3) is 0.471. The molecule has 2 atom stereocenters. The number of nitrogens with zero attached hydrogens (tertiary/aromatic N) is 3. The van der Waals surface area contributed by atoms with E-state index in [1.54, 1.807) is 9.80 Å². The fourth-order valence-corrected chi connectivity index (χ4v) is 3.82. The second-order valence-electron chi connectivity index (χ2n) is 6.47. The first-order valence-corrected chi connectivity index (χ1v) is 8.09. The second kappa shape index (κ2) is 5.08. The molecule has 0 aromatic heterocycles. The van der Waals surface area contributed by atoms with Gasteiger partial charge in [0.05, 0.1) is 0 Å². The van der Waals surface area contributed by atoms with E-state index in [2.05, 4.69) is 0 Å². The molecule has 120 valence electrons. The van der Waals surface area contributed by atoms with Gasteiger partial charge in [0.15, 0.2) is 0 Å². The van der Waals surface area contributed by atoms with Crippen LogP contribution in [0.2, 0.25) is 0 Å². The Morgan fingerprint density at radius 1 is 0.913 bits per heavy atom. The zero-order valence-corrected chi connectivity index (χ0v) is 13.1. The molecular weight excluding hydrogens is 294 g/mol. The van der Waals surface area contributed by atoms with E-state index in [1.807, 2.05) is 31.2 Å². The monoisotopic (exact) mass is 313 g/mol. The molecule has 0 N–H and O–H groups in total. The van der Waals surface area contributed by atoms with Gasteiger partial charge in [0.25, 0.3) is 5.91 Å². The van der Waals surface area contributed by atoms with Crippen LogP contribution in [-0.4, -0.2) is 52.8 Å². The molecule has 3 heterocycles. The number of hydrogen-bond donors (Lipinski definition) is 0. The summed E-state index contributed by atoms with van der Waals surface area (Å²) in [6.07, 6.45) is 2.08.